The van der Waals surface area contributed by atoms with Crippen molar-refractivity contribution in [2.75, 3.05) is 19.6 Å². The molecule has 3 heteroatoms. The summed E-state index contributed by atoms with van der Waals surface area (Å²) in [6, 6.07) is 4.89. The van der Waals surface area contributed by atoms with E-state index >= 15 is 0 Å². The SMILES string of the molecule is CCN(CCc1cccnc1)C1CCCC1CN. The summed E-state index contributed by atoms with van der Waals surface area (Å²) in [5.41, 5.74) is 7.22. The van der Waals surface area contributed by atoms with Crippen LogP contribution < -0.4 is 5.73 Å². The van der Waals surface area contributed by atoms with Crippen molar-refractivity contribution in [2.24, 2.45) is 11.7 Å². The van der Waals surface area contributed by atoms with Gasteiger partial charge in [-0.1, -0.05) is 19.4 Å². The Morgan fingerprint density at radius 2 is 2.33 bits per heavy atom. The monoisotopic (exact) mass is 247 g/mol. The average Bonchev–Trinajstić information content (AvgIpc) is 2.89. The average molecular weight is 247 g/mol. The van der Waals surface area contributed by atoms with Crippen LogP contribution in [0.4, 0.5) is 0 Å². The number of pyridine rings is 1. The van der Waals surface area contributed by atoms with Crippen LogP contribution in [0.1, 0.15) is 31.7 Å². The molecule has 0 saturated heterocycles. The summed E-state index contributed by atoms with van der Waals surface area (Å²) in [4.78, 5) is 6.79. The van der Waals surface area contributed by atoms with Crippen molar-refractivity contribution in [2.45, 2.75) is 38.6 Å². The second kappa shape index (κ2) is 6.86. The maximum Gasteiger partial charge on any atom is 0.0300 e. The predicted molar refractivity (Wildman–Crippen MR) is 75.4 cm³/mol. The molecule has 100 valence electrons. The molecule has 0 radical (unpaired) electrons. The lowest BCUT2D eigenvalue weighted by Crippen LogP contribution is -2.41. The van der Waals surface area contributed by atoms with Gasteiger partial charge < -0.3 is 10.6 Å². The lowest BCUT2D eigenvalue weighted by Gasteiger charge is -2.31. The molecule has 1 saturated carbocycles. The molecular weight excluding hydrogens is 222 g/mol. The first kappa shape index (κ1) is 13.5. The van der Waals surface area contributed by atoms with E-state index in [1.165, 1.54) is 24.8 Å². The Kier molecular flexibility index (Phi) is 5.14. The summed E-state index contributed by atoms with van der Waals surface area (Å²) in [6.07, 6.45) is 8.88. The molecule has 0 spiro atoms. The molecule has 0 aliphatic heterocycles. The van der Waals surface area contributed by atoms with Crippen LogP contribution in [0.2, 0.25) is 0 Å². The number of nitrogens with two attached hydrogens (primary N) is 1. The number of hydrogen-bond donors (Lipinski definition) is 1. The van der Waals surface area contributed by atoms with Gasteiger partial charge in [0.1, 0.15) is 0 Å². The minimum Gasteiger partial charge on any atom is -0.330 e. The Morgan fingerprint density at radius 1 is 1.44 bits per heavy atom. The third kappa shape index (κ3) is 3.30. The molecular formula is C15H25N3. The van der Waals surface area contributed by atoms with Crippen LogP contribution in [0.5, 0.6) is 0 Å². The van der Waals surface area contributed by atoms with Gasteiger partial charge in [0.05, 0.1) is 0 Å². The van der Waals surface area contributed by atoms with E-state index in [9.17, 15) is 0 Å². The van der Waals surface area contributed by atoms with Crippen LogP contribution in [0, 0.1) is 5.92 Å². The van der Waals surface area contributed by atoms with Crippen LogP contribution >= 0.6 is 0 Å². The second-order valence-corrected chi connectivity index (χ2v) is 5.23. The molecule has 2 N–H and O–H groups in total. The van der Waals surface area contributed by atoms with Gasteiger partial charge in [-0.3, -0.25) is 4.98 Å². The Hall–Kier alpha value is -0.930. The predicted octanol–water partition coefficient (Wildman–Crippen LogP) is 2.07. The zero-order valence-electron chi connectivity index (χ0n) is 11.4. The molecule has 2 rings (SSSR count). The zero-order valence-corrected chi connectivity index (χ0v) is 11.4. The van der Waals surface area contributed by atoms with Crippen molar-refractivity contribution in [3.05, 3.63) is 30.1 Å². The molecule has 1 aliphatic rings. The molecule has 1 aromatic heterocycles. The van der Waals surface area contributed by atoms with E-state index in [4.69, 9.17) is 5.73 Å². The van der Waals surface area contributed by atoms with Gasteiger partial charge in [-0.05, 0) is 49.9 Å². The van der Waals surface area contributed by atoms with Gasteiger partial charge >= 0.3 is 0 Å². The van der Waals surface area contributed by atoms with E-state index in [-0.39, 0.29) is 0 Å². The fourth-order valence-corrected chi connectivity index (χ4v) is 3.15. The first-order chi connectivity index (χ1) is 8.85. The molecule has 1 aromatic rings. The number of nitrogens with zero attached hydrogens (tertiary/aromatic N) is 2. The smallest absolute Gasteiger partial charge is 0.0300 e. The van der Waals surface area contributed by atoms with Gasteiger partial charge in [0.15, 0.2) is 0 Å². The summed E-state index contributed by atoms with van der Waals surface area (Å²) >= 11 is 0. The normalized spacial score (nSPS) is 23.7. The summed E-state index contributed by atoms with van der Waals surface area (Å²) in [5, 5.41) is 0. The highest BCUT2D eigenvalue weighted by atomic mass is 15.2. The quantitative estimate of drug-likeness (QED) is 0.837. The Balaban J connectivity index is 1.89. The van der Waals surface area contributed by atoms with Gasteiger partial charge in [-0.2, -0.15) is 0 Å². The van der Waals surface area contributed by atoms with Gasteiger partial charge in [-0.15, -0.1) is 0 Å². The summed E-state index contributed by atoms with van der Waals surface area (Å²) < 4.78 is 0. The van der Waals surface area contributed by atoms with Crippen LogP contribution in [0.25, 0.3) is 0 Å². The van der Waals surface area contributed by atoms with Crippen molar-refractivity contribution in [1.82, 2.24) is 9.88 Å². The molecule has 0 bridgehead atoms. The third-order valence-corrected chi connectivity index (χ3v) is 4.21. The molecule has 1 fully saturated rings. The Labute approximate surface area is 110 Å². The number of hydrogen-bond acceptors (Lipinski definition) is 3. The van der Waals surface area contributed by atoms with E-state index in [1.807, 2.05) is 18.5 Å². The highest BCUT2D eigenvalue weighted by Gasteiger charge is 2.29. The second-order valence-electron chi connectivity index (χ2n) is 5.23. The van der Waals surface area contributed by atoms with E-state index in [0.717, 1.165) is 26.1 Å². The first-order valence-electron chi connectivity index (χ1n) is 7.18. The minimum atomic E-state index is 0.705. The molecule has 2 atom stereocenters. The van der Waals surface area contributed by atoms with Crippen LogP contribution in [0.3, 0.4) is 0 Å². The van der Waals surface area contributed by atoms with Crippen molar-refractivity contribution in [3.8, 4) is 0 Å². The molecule has 3 nitrogen and oxygen atoms in total. The van der Waals surface area contributed by atoms with Crippen LogP contribution in [-0.4, -0.2) is 35.6 Å². The molecule has 2 unspecified atom stereocenters. The summed E-state index contributed by atoms with van der Waals surface area (Å²) in [6.45, 7) is 5.36. The van der Waals surface area contributed by atoms with Crippen molar-refractivity contribution >= 4 is 0 Å². The minimum absolute atomic E-state index is 0.705. The first-order valence-corrected chi connectivity index (χ1v) is 7.18. The fraction of sp³-hybridized carbons (Fsp3) is 0.667. The van der Waals surface area contributed by atoms with E-state index in [0.29, 0.717) is 12.0 Å². The fourth-order valence-electron chi connectivity index (χ4n) is 3.15. The van der Waals surface area contributed by atoms with Crippen molar-refractivity contribution in [3.63, 3.8) is 0 Å². The topological polar surface area (TPSA) is 42.2 Å². The zero-order chi connectivity index (χ0) is 12.8. The van der Waals surface area contributed by atoms with E-state index in [2.05, 4.69) is 22.9 Å². The van der Waals surface area contributed by atoms with Crippen molar-refractivity contribution in [1.29, 1.82) is 0 Å². The molecule has 18 heavy (non-hydrogen) atoms. The van der Waals surface area contributed by atoms with Gasteiger partial charge in [0, 0.05) is 25.0 Å². The largest absolute Gasteiger partial charge is 0.330 e. The number of likely N-dealkylation sites (N-methyl/N-ethyl adjacent to an activating group) is 1. The van der Waals surface area contributed by atoms with Gasteiger partial charge in [-0.25, -0.2) is 0 Å². The molecule has 0 amide bonds. The lowest BCUT2D eigenvalue weighted by molar-refractivity contribution is 0.172. The standard InChI is InChI=1S/C15H25N3/c1-2-18(15-7-3-6-14(15)11-16)10-8-13-5-4-9-17-12-13/h4-5,9,12,14-15H,2-3,6-8,10-11,16H2,1H3. The van der Waals surface area contributed by atoms with Gasteiger partial charge in [0.2, 0.25) is 0 Å². The molecule has 1 heterocycles. The highest BCUT2D eigenvalue weighted by molar-refractivity contribution is 5.08. The van der Waals surface area contributed by atoms with Crippen molar-refractivity contribution < 1.29 is 0 Å². The molecule has 0 aromatic carbocycles. The third-order valence-electron chi connectivity index (χ3n) is 4.21. The Bertz CT molecular complexity index is 339. The van der Waals surface area contributed by atoms with E-state index in [1.54, 1.807) is 0 Å². The summed E-state index contributed by atoms with van der Waals surface area (Å²) in [5.74, 6) is 0.707. The maximum absolute atomic E-state index is 5.89. The summed E-state index contributed by atoms with van der Waals surface area (Å²) in [7, 11) is 0. The van der Waals surface area contributed by atoms with Crippen LogP contribution in [-0.2, 0) is 6.42 Å². The van der Waals surface area contributed by atoms with E-state index < -0.39 is 0 Å². The van der Waals surface area contributed by atoms with Crippen LogP contribution in [0.15, 0.2) is 24.5 Å². The number of rotatable bonds is 6. The number of aromatic nitrogens is 1. The Morgan fingerprint density at radius 3 is 3.00 bits per heavy atom. The molecule has 1 aliphatic carbocycles. The van der Waals surface area contributed by atoms with Gasteiger partial charge in [0.25, 0.3) is 0 Å². The lowest BCUT2D eigenvalue weighted by atomic mass is 10.0. The maximum atomic E-state index is 5.89. The highest BCUT2D eigenvalue weighted by Crippen LogP contribution is 2.29.